The highest BCUT2D eigenvalue weighted by Crippen LogP contribution is 2.28. The fraction of sp³-hybridized carbons (Fsp3) is 0.550. The summed E-state index contributed by atoms with van der Waals surface area (Å²) in [7, 11) is 0. The highest BCUT2D eigenvalue weighted by molar-refractivity contribution is 5.94. The molecule has 1 unspecified atom stereocenters. The van der Waals surface area contributed by atoms with Crippen molar-refractivity contribution in [1.82, 2.24) is 5.32 Å². The molecule has 25 heavy (non-hydrogen) atoms. The maximum Gasteiger partial charge on any atom is 0.303 e. The first-order valence-corrected chi connectivity index (χ1v) is 9.07. The van der Waals surface area contributed by atoms with Crippen molar-refractivity contribution in [3.8, 4) is 6.07 Å². The number of carbonyl (C=O) groups excluding carboxylic acids is 1. The molecule has 5 nitrogen and oxygen atoms in total. The average Bonchev–Trinajstić information content (AvgIpc) is 2.61. The number of nitrogens with zero attached hydrogens (tertiary/aromatic N) is 1. The summed E-state index contributed by atoms with van der Waals surface area (Å²) < 4.78 is 0. The Morgan fingerprint density at radius 3 is 2.48 bits per heavy atom. The number of carboxylic acid groups (broad SMARTS) is 1. The van der Waals surface area contributed by atoms with Crippen LogP contribution in [0.5, 0.6) is 0 Å². The Balaban J connectivity index is 1.96. The van der Waals surface area contributed by atoms with Crippen molar-refractivity contribution in [3.63, 3.8) is 0 Å². The lowest BCUT2D eigenvalue weighted by atomic mass is 9.84. The quantitative estimate of drug-likeness (QED) is 0.754. The Bertz CT molecular complexity index is 613. The first kappa shape index (κ1) is 19.0. The molecule has 0 aromatic heterocycles. The molecular formula is C20H26N2O3. The second kappa shape index (κ2) is 9.83. The number of carbonyl (C=O) groups is 2. The van der Waals surface area contributed by atoms with Gasteiger partial charge < -0.3 is 10.4 Å². The van der Waals surface area contributed by atoms with Gasteiger partial charge in [-0.05, 0) is 36.5 Å². The van der Waals surface area contributed by atoms with Gasteiger partial charge in [0.2, 0.25) is 0 Å². The largest absolute Gasteiger partial charge is 0.481 e. The van der Waals surface area contributed by atoms with Crippen molar-refractivity contribution in [2.45, 2.75) is 63.8 Å². The Labute approximate surface area is 149 Å². The molecule has 0 aliphatic heterocycles. The zero-order valence-electron chi connectivity index (χ0n) is 14.5. The maximum atomic E-state index is 12.5. The smallest absolute Gasteiger partial charge is 0.303 e. The lowest BCUT2D eigenvalue weighted by molar-refractivity contribution is -0.137. The summed E-state index contributed by atoms with van der Waals surface area (Å²) in [5.74, 6) is -0.427. The minimum absolute atomic E-state index is 0.0682. The molecule has 1 aliphatic rings. The third kappa shape index (κ3) is 6.58. The van der Waals surface area contributed by atoms with E-state index in [0.717, 1.165) is 12.0 Å². The van der Waals surface area contributed by atoms with Crippen LogP contribution in [-0.4, -0.2) is 23.0 Å². The van der Waals surface area contributed by atoms with Crippen LogP contribution in [0.15, 0.2) is 24.3 Å². The summed E-state index contributed by atoms with van der Waals surface area (Å²) in [6, 6.07) is 8.98. The van der Waals surface area contributed by atoms with Crippen molar-refractivity contribution in [2.75, 3.05) is 0 Å². The molecule has 1 aliphatic carbocycles. The number of aliphatic carboxylic acids is 1. The lowest BCUT2D eigenvalue weighted by Crippen LogP contribution is -2.37. The number of nitriles is 1. The van der Waals surface area contributed by atoms with Crippen molar-refractivity contribution in [1.29, 1.82) is 5.26 Å². The first-order valence-electron chi connectivity index (χ1n) is 9.07. The minimum Gasteiger partial charge on any atom is -0.481 e. The van der Waals surface area contributed by atoms with Crippen LogP contribution in [0.25, 0.3) is 0 Å². The van der Waals surface area contributed by atoms with Crippen LogP contribution in [0.4, 0.5) is 0 Å². The van der Waals surface area contributed by atoms with Crippen LogP contribution < -0.4 is 5.32 Å². The van der Waals surface area contributed by atoms with E-state index in [-0.39, 0.29) is 18.4 Å². The van der Waals surface area contributed by atoms with Gasteiger partial charge in [-0.1, -0.05) is 44.2 Å². The number of nitrogens with one attached hydrogen (secondary N) is 1. The molecule has 1 aromatic carbocycles. The van der Waals surface area contributed by atoms with Gasteiger partial charge in [-0.3, -0.25) is 9.59 Å². The molecule has 0 radical (unpaired) electrons. The van der Waals surface area contributed by atoms with Gasteiger partial charge in [0.1, 0.15) is 0 Å². The van der Waals surface area contributed by atoms with Gasteiger partial charge in [0, 0.05) is 18.0 Å². The SMILES string of the molecule is N#CCc1ccc(C(=O)NC(CCC(=O)O)CC2CCCCC2)cc1. The average molecular weight is 342 g/mol. The van der Waals surface area contributed by atoms with Crippen LogP contribution in [0, 0.1) is 17.2 Å². The minimum atomic E-state index is -0.830. The van der Waals surface area contributed by atoms with Gasteiger partial charge in [-0.2, -0.15) is 5.26 Å². The predicted molar refractivity (Wildman–Crippen MR) is 95.1 cm³/mol. The van der Waals surface area contributed by atoms with Crippen molar-refractivity contribution in [2.24, 2.45) is 5.92 Å². The molecule has 1 aromatic rings. The third-order valence-corrected chi connectivity index (χ3v) is 4.88. The normalized spacial score (nSPS) is 16.0. The Kier molecular flexibility index (Phi) is 7.46. The Morgan fingerprint density at radius 1 is 1.20 bits per heavy atom. The molecule has 1 saturated carbocycles. The first-order chi connectivity index (χ1) is 12.1. The predicted octanol–water partition coefficient (Wildman–Crippen LogP) is 3.69. The Morgan fingerprint density at radius 2 is 1.88 bits per heavy atom. The van der Waals surface area contributed by atoms with Crippen LogP contribution in [0.3, 0.4) is 0 Å². The molecule has 0 bridgehead atoms. The second-order valence-corrected chi connectivity index (χ2v) is 6.87. The fourth-order valence-corrected chi connectivity index (χ4v) is 3.51. The number of amides is 1. The van der Waals surface area contributed by atoms with E-state index in [0.29, 0.717) is 24.3 Å². The number of rotatable bonds is 8. The molecule has 1 amide bonds. The lowest BCUT2D eigenvalue weighted by Gasteiger charge is -2.27. The summed E-state index contributed by atoms with van der Waals surface area (Å²) in [6.07, 6.45) is 7.77. The van der Waals surface area contributed by atoms with Crippen LogP contribution >= 0.6 is 0 Å². The number of hydrogen-bond acceptors (Lipinski definition) is 3. The van der Waals surface area contributed by atoms with Gasteiger partial charge >= 0.3 is 5.97 Å². The van der Waals surface area contributed by atoms with Crippen LogP contribution in [0.2, 0.25) is 0 Å². The molecule has 2 rings (SSSR count). The summed E-state index contributed by atoms with van der Waals surface area (Å²) in [5, 5.41) is 20.7. The summed E-state index contributed by atoms with van der Waals surface area (Å²) in [6.45, 7) is 0. The second-order valence-electron chi connectivity index (χ2n) is 6.87. The zero-order valence-corrected chi connectivity index (χ0v) is 14.5. The zero-order chi connectivity index (χ0) is 18.1. The van der Waals surface area contributed by atoms with E-state index in [1.807, 2.05) is 0 Å². The van der Waals surface area contributed by atoms with Crippen molar-refractivity contribution >= 4 is 11.9 Å². The van der Waals surface area contributed by atoms with Gasteiger partial charge in [-0.25, -0.2) is 0 Å². The topological polar surface area (TPSA) is 90.2 Å². The van der Waals surface area contributed by atoms with E-state index in [1.54, 1.807) is 24.3 Å². The molecule has 1 fully saturated rings. The monoisotopic (exact) mass is 342 g/mol. The molecule has 0 spiro atoms. The van der Waals surface area contributed by atoms with Gasteiger partial charge in [0.15, 0.2) is 0 Å². The van der Waals surface area contributed by atoms with E-state index >= 15 is 0 Å². The van der Waals surface area contributed by atoms with Crippen molar-refractivity contribution < 1.29 is 14.7 Å². The van der Waals surface area contributed by atoms with Gasteiger partial charge in [0.05, 0.1) is 12.5 Å². The summed E-state index contributed by atoms with van der Waals surface area (Å²) in [5.41, 5.74) is 1.43. The standard InChI is InChI=1S/C20H26N2O3/c21-13-12-15-6-8-17(9-7-15)20(25)22-18(10-11-19(23)24)14-16-4-2-1-3-5-16/h6-9,16,18H,1-5,10-12,14H2,(H,22,25)(H,23,24). The molecule has 134 valence electrons. The van der Waals surface area contributed by atoms with Crippen LogP contribution in [-0.2, 0) is 11.2 Å². The Hall–Kier alpha value is -2.35. The highest BCUT2D eigenvalue weighted by atomic mass is 16.4. The number of carboxylic acids is 1. The molecular weight excluding hydrogens is 316 g/mol. The molecule has 0 heterocycles. The van der Waals surface area contributed by atoms with Crippen LogP contribution in [0.1, 0.15) is 67.3 Å². The van der Waals surface area contributed by atoms with E-state index in [1.165, 1.54) is 32.1 Å². The molecule has 1 atom stereocenters. The van der Waals surface area contributed by atoms with E-state index < -0.39 is 5.97 Å². The number of benzene rings is 1. The summed E-state index contributed by atoms with van der Waals surface area (Å²) in [4.78, 5) is 23.4. The van der Waals surface area contributed by atoms with E-state index in [2.05, 4.69) is 11.4 Å². The molecule has 2 N–H and O–H groups in total. The number of hydrogen-bond donors (Lipinski definition) is 2. The maximum absolute atomic E-state index is 12.5. The summed E-state index contributed by atoms with van der Waals surface area (Å²) >= 11 is 0. The van der Waals surface area contributed by atoms with E-state index in [4.69, 9.17) is 10.4 Å². The van der Waals surface area contributed by atoms with Crippen molar-refractivity contribution in [3.05, 3.63) is 35.4 Å². The highest BCUT2D eigenvalue weighted by Gasteiger charge is 2.21. The van der Waals surface area contributed by atoms with E-state index in [9.17, 15) is 9.59 Å². The molecule has 0 saturated heterocycles. The van der Waals surface area contributed by atoms with Gasteiger partial charge in [0.25, 0.3) is 5.91 Å². The van der Waals surface area contributed by atoms with Gasteiger partial charge in [-0.15, -0.1) is 0 Å². The third-order valence-electron chi connectivity index (χ3n) is 4.88. The fourth-order valence-electron chi connectivity index (χ4n) is 3.51. The molecule has 5 heteroatoms.